The lowest BCUT2D eigenvalue weighted by molar-refractivity contribution is 0.432. The fourth-order valence-corrected chi connectivity index (χ4v) is 1.74. The molecule has 2 N–H and O–H groups in total. The molecular weight excluding hydrogens is 246 g/mol. The zero-order valence-corrected chi connectivity index (χ0v) is 10.5. The number of aryl methyl sites for hydroxylation is 1. The Kier molecular flexibility index (Phi) is 3.37. The van der Waals surface area contributed by atoms with Gasteiger partial charge in [0, 0.05) is 12.1 Å². The van der Waals surface area contributed by atoms with Gasteiger partial charge >= 0.3 is 5.63 Å². The summed E-state index contributed by atoms with van der Waals surface area (Å²) in [5.41, 5.74) is 0.182. The van der Waals surface area contributed by atoms with Crippen molar-refractivity contribution in [3.63, 3.8) is 0 Å². The van der Waals surface area contributed by atoms with Gasteiger partial charge in [0.25, 0.3) is 0 Å². The Bertz CT molecular complexity index is 701. The molecule has 1 heterocycles. The lowest BCUT2D eigenvalue weighted by Gasteiger charge is -2.03. The van der Waals surface area contributed by atoms with E-state index in [9.17, 15) is 15.0 Å². The second-order valence-corrected chi connectivity index (χ2v) is 4.12. The Labute approximate surface area is 109 Å². The third-order valence-corrected chi connectivity index (χ3v) is 2.54. The first kappa shape index (κ1) is 12.9. The average molecular weight is 259 g/mol. The molecule has 19 heavy (non-hydrogen) atoms. The Morgan fingerprint density at radius 1 is 1.26 bits per heavy atom. The van der Waals surface area contributed by atoms with Gasteiger partial charge in [-0.25, -0.2) is 4.79 Å². The van der Waals surface area contributed by atoms with Crippen LogP contribution in [0.3, 0.4) is 0 Å². The van der Waals surface area contributed by atoms with E-state index in [-0.39, 0.29) is 17.1 Å². The van der Waals surface area contributed by atoms with Crippen LogP contribution in [0.5, 0.6) is 11.5 Å². The van der Waals surface area contributed by atoms with Crippen LogP contribution in [0.4, 0.5) is 5.69 Å². The average Bonchev–Trinajstić information content (AvgIpc) is 2.27. The highest BCUT2D eigenvalue weighted by Crippen LogP contribution is 2.21. The summed E-state index contributed by atoms with van der Waals surface area (Å²) in [6.45, 7) is 3.16. The lowest BCUT2D eigenvalue weighted by Crippen LogP contribution is -2.12. The Morgan fingerprint density at radius 2 is 2.00 bits per heavy atom. The minimum atomic E-state index is -0.640. The zero-order chi connectivity index (χ0) is 14.0. The summed E-state index contributed by atoms with van der Waals surface area (Å²) >= 11 is 0. The molecule has 2 aromatic rings. The molecule has 5 heteroatoms. The van der Waals surface area contributed by atoms with Crippen molar-refractivity contribution in [1.29, 1.82) is 0 Å². The van der Waals surface area contributed by atoms with Gasteiger partial charge in [-0.1, -0.05) is 6.07 Å². The van der Waals surface area contributed by atoms with Crippen molar-refractivity contribution in [2.45, 2.75) is 13.8 Å². The molecule has 0 unspecified atom stereocenters. The summed E-state index contributed by atoms with van der Waals surface area (Å²) < 4.78 is 4.93. The van der Waals surface area contributed by atoms with E-state index >= 15 is 0 Å². The van der Waals surface area contributed by atoms with Crippen molar-refractivity contribution >= 4 is 11.4 Å². The van der Waals surface area contributed by atoms with Crippen LogP contribution in [0.1, 0.15) is 18.2 Å². The van der Waals surface area contributed by atoms with E-state index in [1.54, 1.807) is 26.0 Å². The number of rotatable bonds is 2. The molecule has 0 spiro atoms. The molecule has 0 saturated carbocycles. The maximum absolute atomic E-state index is 11.7. The van der Waals surface area contributed by atoms with E-state index in [0.29, 0.717) is 17.2 Å². The van der Waals surface area contributed by atoms with E-state index < -0.39 is 5.63 Å². The quantitative estimate of drug-likeness (QED) is 0.812. The van der Waals surface area contributed by atoms with E-state index in [4.69, 9.17) is 4.42 Å². The van der Waals surface area contributed by atoms with E-state index in [1.807, 2.05) is 0 Å². The monoisotopic (exact) mass is 259 g/mol. The van der Waals surface area contributed by atoms with Gasteiger partial charge < -0.3 is 14.6 Å². The van der Waals surface area contributed by atoms with Crippen LogP contribution < -0.4 is 5.63 Å². The van der Waals surface area contributed by atoms with Crippen LogP contribution in [-0.4, -0.2) is 15.9 Å². The van der Waals surface area contributed by atoms with Crippen LogP contribution in [0.15, 0.2) is 44.5 Å². The smallest absolute Gasteiger partial charge is 0.348 e. The summed E-state index contributed by atoms with van der Waals surface area (Å²) in [5.74, 6) is 0.237. The predicted octanol–water partition coefficient (Wildman–Crippen LogP) is 2.50. The van der Waals surface area contributed by atoms with Crippen molar-refractivity contribution < 1.29 is 14.6 Å². The topological polar surface area (TPSA) is 83.0 Å². The van der Waals surface area contributed by atoms with Crippen LogP contribution in [0, 0.1) is 6.92 Å². The van der Waals surface area contributed by atoms with Crippen molar-refractivity contribution in [2.75, 3.05) is 0 Å². The Balaban J connectivity index is 2.51. The summed E-state index contributed by atoms with van der Waals surface area (Å²) in [4.78, 5) is 15.9. The third-order valence-electron chi connectivity index (χ3n) is 2.54. The molecule has 0 radical (unpaired) electrons. The first-order chi connectivity index (χ1) is 8.97. The summed E-state index contributed by atoms with van der Waals surface area (Å²) in [7, 11) is 0. The molecule has 0 aliphatic heterocycles. The molecule has 0 bridgehead atoms. The van der Waals surface area contributed by atoms with Crippen molar-refractivity contribution in [3.05, 3.63) is 52.1 Å². The number of hydrogen-bond donors (Lipinski definition) is 2. The maximum Gasteiger partial charge on any atom is 0.348 e. The first-order valence-corrected chi connectivity index (χ1v) is 5.66. The number of aliphatic imine (C=N–C) groups is 1. The molecule has 0 saturated heterocycles. The van der Waals surface area contributed by atoms with E-state index in [1.165, 1.54) is 18.2 Å². The number of phenols is 1. The maximum atomic E-state index is 11.7. The zero-order valence-electron chi connectivity index (χ0n) is 10.5. The molecule has 1 aromatic heterocycles. The molecule has 0 amide bonds. The van der Waals surface area contributed by atoms with Gasteiger partial charge in [0.1, 0.15) is 22.8 Å². The first-order valence-electron chi connectivity index (χ1n) is 5.66. The standard InChI is InChI=1S/C14H13NO4/c1-8-6-12(17)13(14(18)19-8)9(2)15-10-4-3-5-11(16)7-10/h3-7,16-17H,1-2H3. The van der Waals surface area contributed by atoms with Gasteiger partial charge in [-0.2, -0.15) is 0 Å². The molecule has 5 nitrogen and oxygen atoms in total. The minimum absolute atomic E-state index is 0.0222. The fourth-order valence-electron chi connectivity index (χ4n) is 1.74. The van der Waals surface area contributed by atoms with E-state index in [0.717, 1.165) is 0 Å². The highest BCUT2D eigenvalue weighted by atomic mass is 16.4. The molecule has 1 aromatic carbocycles. The lowest BCUT2D eigenvalue weighted by atomic mass is 10.1. The molecule has 0 aliphatic rings. The third kappa shape index (κ3) is 2.82. The van der Waals surface area contributed by atoms with Gasteiger partial charge in [0.05, 0.1) is 11.4 Å². The van der Waals surface area contributed by atoms with Gasteiger partial charge in [-0.05, 0) is 26.0 Å². The van der Waals surface area contributed by atoms with Gasteiger partial charge in [0.15, 0.2) is 0 Å². The highest BCUT2D eigenvalue weighted by Gasteiger charge is 2.12. The van der Waals surface area contributed by atoms with Crippen LogP contribution in [-0.2, 0) is 0 Å². The SMILES string of the molecule is CC(=Nc1cccc(O)c1)c1c(O)cc(C)oc1=O. The molecule has 2 rings (SSSR count). The molecule has 0 fully saturated rings. The van der Waals surface area contributed by atoms with E-state index in [2.05, 4.69) is 4.99 Å². The fraction of sp³-hybridized carbons (Fsp3) is 0.143. The molecule has 0 aliphatic carbocycles. The number of nitrogens with zero attached hydrogens (tertiary/aromatic N) is 1. The highest BCUT2D eigenvalue weighted by molar-refractivity contribution is 6.02. The number of aromatic hydroxyl groups is 2. The van der Waals surface area contributed by atoms with Gasteiger partial charge in [-0.3, -0.25) is 4.99 Å². The number of benzene rings is 1. The van der Waals surface area contributed by atoms with Gasteiger partial charge in [0.2, 0.25) is 0 Å². The van der Waals surface area contributed by atoms with Crippen molar-refractivity contribution in [3.8, 4) is 11.5 Å². The van der Waals surface area contributed by atoms with Crippen LogP contribution in [0.25, 0.3) is 0 Å². The Hall–Kier alpha value is -2.56. The normalized spacial score (nSPS) is 11.6. The molecular formula is C14H13NO4. The summed E-state index contributed by atoms with van der Waals surface area (Å²) in [6, 6.07) is 7.65. The van der Waals surface area contributed by atoms with Crippen LogP contribution >= 0.6 is 0 Å². The van der Waals surface area contributed by atoms with Crippen molar-refractivity contribution in [1.82, 2.24) is 0 Å². The minimum Gasteiger partial charge on any atom is -0.508 e. The predicted molar refractivity (Wildman–Crippen MR) is 71.4 cm³/mol. The largest absolute Gasteiger partial charge is 0.508 e. The number of phenolic OH excluding ortho intramolecular Hbond substituents is 1. The second-order valence-electron chi connectivity index (χ2n) is 4.12. The van der Waals surface area contributed by atoms with Crippen molar-refractivity contribution in [2.24, 2.45) is 4.99 Å². The number of hydrogen-bond acceptors (Lipinski definition) is 5. The second kappa shape index (κ2) is 4.97. The Morgan fingerprint density at radius 3 is 2.63 bits per heavy atom. The molecule has 0 atom stereocenters. The summed E-state index contributed by atoms with van der Waals surface area (Å²) in [5, 5.41) is 19.1. The molecule has 98 valence electrons. The van der Waals surface area contributed by atoms with Crippen LogP contribution in [0.2, 0.25) is 0 Å². The summed E-state index contributed by atoms with van der Waals surface area (Å²) in [6.07, 6.45) is 0. The van der Waals surface area contributed by atoms with Gasteiger partial charge in [-0.15, -0.1) is 0 Å².